The summed E-state index contributed by atoms with van der Waals surface area (Å²) in [5, 5.41) is 0. The van der Waals surface area contributed by atoms with Gasteiger partial charge < -0.3 is 4.98 Å². The van der Waals surface area contributed by atoms with E-state index in [1.807, 2.05) is 6.07 Å². The number of nitrogens with one attached hydrogen (secondary N) is 1. The maximum absolute atomic E-state index is 13.6. The van der Waals surface area contributed by atoms with E-state index in [4.69, 9.17) is 0 Å². The van der Waals surface area contributed by atoms with Crippen LogP contribution in [0.3, 0.4) is 0 Å². The van der Waals surface area contributed by atoms with Crippen LogP contribution >= 0.6 is 11.7 Å². The Hall–Kier alpha value is -2.69. The van der Waals surface area contributed by atoms with Crippen molar-refractivity contribution in [2.24, 2.45) is 0 Å². The fraction of sp³-hybridized carbons (Fsp3) is 0.176. The third kappa shape index (κ3) is 2.56. The van der Waals surface area contributed by atoms with Crippen LogP contribution in [-0.4, -0.2) is 43.0 Å². The molecule has 1 aliphatic heterocycles. The molecule has 1 aromatic carbocycles. The van der Waals surface area contributed by atoms with E-state index in [-0.39, 0.29) is 4.90 Å². The zero-order valence-corrected chi connectivity index (χ0v) is 15.6. The van der Waals surface area contributed by atoms with Gasteiger partial charge in [0.2, 0.25) is 10.0 Å². The number of H-pyrrole nitrogens is 1. The van der Waals surface area contributed by atoms with Crippen LogP contribution in [0.25, 0.3) is 11.0 Å². The Labute approximate surface area is 159 Å². The van der Waals surface area contributed by atoms with Crippen LogP contribution in [0, 0.1) is 0 Å². The first-order valence-corrected chi connectivity index (χ1v) is 10.5. The van der Waals surface area contributed by atoms with Gasteiger partial charge in [-0.2, -0.15) is 13.1 Å². The Morgan fingerprint density at radius 1 is 1.19 bits per heavy atom. The standard InChI is InChI=1S/C17H14N6O2S2/c24-27(25,14-5-1-4-13-15(14)22-26-21-13)23-8-6-12-16(20-10-19-12)17(23)11-3-2-7-18-9-11/h1-5,7,9-10,17H,6,8H2,(H,19,20). The van der Waals surface area contributed by atoms with Gasteiger partial charge in [0.25, 0.3) is 0 Å². The van der Waals surface area contributed by atoms with E-state index in [9.17, 15) is 8.42 Å². The van der Waals surface area contributed by atoms with Crippen molar-refractivity contribution in [3.63, 3.8) is 0 Å². The van der Waals surface area contributed by atoms with E-state index >= 15 is 0 Å². The number of pyridine rings is 1. The zero-order chi connectivity index (χ0) is 18.4. The molecule has 4 heterocycles. The van der Waals surface area contributed by atoms with Crippen molar-refractivity contribution in [1.82, 2.24) is 28.0 Å². The molecule has 0 aliphatic carbocycles. The van der Waals surface area contributed by atoms with E-state index in [0.29, 0.717) is 29.7 Å². The summed E-state index contributed by atoms with van der Waals surface area (Å²) in [6.07, 6.45) is 5.52. The summed E-state index contributed by atoms with van der Waals surface area (Å²) in [6, 6.07) is 8.17. The van der Waals surface area contributed by atoms with Crippen molar-refractivity contribution >= 4 is 32.8 Å². The molecule has 0 amide bonds. The molecule has 1 atom stereocenters. The Bertz CT molecular complexity index is 1220. The Kier molecular flexibility index (Phi) is 3.78. The normalized spacial score (nSPS) is 17.9. The quantitative estimate of drug-likeness (QED) is 0.567. The molecular formula is C17H14N6O2S2. The molecule has 0 fully saturated rings. The van der Waals surface area contributed by atoms with Gasteiger partial charge in [0, 0.05) is 31.1 Å². The van der Waals surface area contributed by atoms with Crippen LogP contribution in [-0.2, 0) is 16.4 Å². The Morgan fingerprint density at radius 3 is 2.96 bits per heavy atom. The lowest BCUT2D eigenvalue weighted by atomic mass is 9.99. The Balaban J connectivity index is 1.70. The Morgan fingerprint density at radius 2 is 2.11 bits per heavy atom. The highest BCUT2D eigenvalue weighted by atomic mass is 32.2. The molecule has 4 aromatic rings. The second-order valence-corrected chi connectivity index (χ2v) is 8.60. The molecule has 5 rings (SSSR count). The molecule has 8 nitrogen and oxygen atoms in total. The summed E-state index contributed by atoms with van der Waals surface area (Å²) in [7, 11) is -3.82. The van der Waals surface area contributed by atoms with Gasteiger partial charge in [0.1, 0.15) is 15.9 Å². The average molecular weight is 398 g/mol. The minimum Gasteiger partial charge on any atom is -0.348 e. The number of hydrogen-bond donors (Lipinski definition) is 1. The van der Waals surface area contributed by atoms with Crippen LogP contribution in [0.5, 0.6) is 0 Å². The van der Waals surface area contributed by atoms with Crippen LogP contribution in [0.2, 0.25) is 0 Å². The minimum absolute atomic E-state index is 0.168. The first-order valence-electron chi connectivity index (χ1n) is 8.31. The highest BCUT2D eigenvalue weighted by Crippen LogP contribution is 2.38. The van der Waals surface area contributed by atoms with Crippen molar-refractivity contribution in [1.29, 1.82) is 0 Å². The maximum atomic E-state index is 13.6. The maximum Gasteiger partial charge on any atom is 0.246 e. The topological polar surface area (TPSA) is 105 Å². The third-order valence-electron chi connectivity index (χ3n) is 4.72. The molecule has 1 N–H and O–H groups in total. The summed E-state index contributed by atoms with van der Waals surface area (Å²) >= 11 is 1.01. The van der Waals surface area contributed by atoms with E-state index in [1.54, 1.807) is 43.0 Å². The van der Waals surface area contributed by atoms with Crippen molar-refractivity contribution in [3.05, 3.63) is 66.0 Å². The lowest BCUT2D eigenvalue weighted by Crippen LogP contribution is -2.40. The lowest BCUT2D eigenvalue weighted by Gasteiger charge is -2.34. The van der Waals surface area contributed by atoms with Crippen LogP contribution in [0.1, 0.15) is 23.0 Å². The predicted molar refractivity (Wildman–Crippen MR) is 99.7 cm³/mol. The fourth-order valence-electron chi connectivity index (χ4n) is 3.49. The molecule has 0 bridgehead atoms. The lowest BCUT2D eigenvalue weighted by molar-refractivity contribution is 0.337. The van der Waals surface area contributed by atoms with Crippen LogP contribution in [0.4, 0.5) is 0 Å². The number of benzene rings is 1. The summed E-state index contributed by atoms with van der Waals surface area (Å²) in [4.78, 5) is 11.9. The molecule has 3 aromatic heterocycles. The number of hydrogen-bond acceptors (Lipinski definition) is 7. The van der Waals surface area contributed by atoms with Gasteiger partial charge >= 0.3 is 0 Å². The first kappa shape index (κ1) is 16.5. The summed E-state index contributed by atoms with van der Waals surface area (Å²) in [5.41, 5.74) is 3.42. The number of nitrogens with zero attached hydrogens (tertiary/aromatic N) is 5. The minimum atomic E-state index is -3.82. The summed E-state index contributed by atoms with van der Waals surface area (Å²) in [6.45, 7) is 0.338. The van der Waals surface area contributed by atoms with Crippen LogP contribution in [0.15, 0.2) is 53.9 Å². The van der Waals surface area contributed by atoms with E-state index in [1.165, 1.54) is 4.31 Å². The molecule has 27 heavy (non-hydrogen) atoms. The van der Waals surface area contributed by atoms with E-state index < -0.39 is 16.1 Å². The third-order valence-corrected chi connectivity index (χ3v) is 7.16. The van der Waals surface area contributed by atoms with E-state index in [2.05, 4.69) is 23.7 Å². The number of imidazole rings is 1. The molecule has 10 heteroatoms. The van der Waals surface area contributed by atoms with Gasteiger partial charge in [-0.05, 0) is 23.8 Å². The summed E-state index contributed by atoms with van der Waals surface area (Å²) in [5.74, 6) is 0. The van der Waals surface area contributed by atoms with Gasteiger partial charge in [-0.25, -0.2) is 13.4 Å². The highest BCUT2D eigenvalue weighted by Gasteiger charge is 2.40. The number of sulfonamides is 1. The molecule has 136 valence electrons. The van der Waals surface area contributed by atoms with Crippen molar-refractivity contribution in [3.8, 4) is 0 Å². The number of rotatable bonds is 3. The van der Waals surface area contributed by atoms with Gasteiger partial charge in [-0.1, -0.05) is 12.1 Å². The number of aromatic amines is 1. The molecule has 1 aliphatic rings. The van der Waals surface area contributed by atoms with Gasteiger partial charge in [0.05, 0.1) is 29.8 Å². The second-order valence-electron chi connectivity index (χ2n) is 6.21. The highest BCUT2D eigenvalue weighted by molar-refractivity contribution is 7.89. The van der Waals surface area contributed by atoms with Gasteiger partial charge in [0.15, 0.2) is 0 Å². The number of fused-ring (bicyclic) bond motifs is 2. The van der Waals surface area contributed by atoms with Crippen molar-refractivity contribution in [2.45, 2.75) is 17.4 Å². The van der Waals surface area contributed by atoms with Crippen molar-refractivity contribution in [2.75, 3.05) is 6.54 Å². The fourth-order valence-corrected chi connectivity index (χ4v) is 5.83. The van der Waals surface area contributed by atoms with Crippen LogP contribution < -0.4 is 0 Å². The second kappa shape index (κ2) is 6.19. The zero-order valence-electron chi connectivity index (χ0n) is 14.0. The molecule has 1 unspecified atom stereocenters. The molecule has 0 spiro atoms. The largest absolute Gasteiger partial charge is 0.348 e. The van der Waals surface area contributed by atoms with E-state index in [0.717, 1.165) is 23.0 Å². The number of aromatic nitrogens is 5. The molecular weight excluding hydrogens is 384 g/mol. The van der Waals surface area contributed by atoms with Crippen molar-refractivity contribution < 1.29 is 8.42 Å². The smallest absolute Gasteiger partial charge is 0.246 e. The molecule has 0 saturated carbocycles. The predicted octanol–water partition coefficient (Wildman–Crippen LogP) is 2.15. The average Bonchev–Trinajstić information content (AvgIpc) is 3.36. The summed E-state index contributed by atoms with van der Waals surface area (Å²) < 4.78 is 37.1. The molecule has 0 radical (unpaired) electrons. The SMILES string of the molecule is O=S(=O)(c1cccc2nsnc12)N1CCc2[nH]cnc2C1c1cccnc1. The molecule has 0 saturated heterocycles. The van der Waals surface area contributed by atoms with Gasteiger partial charge in [-0.15, -0.1) is 0 Å². The first-order chi connectivity index (χ1) is 13.2. The van der Waals surface area contributed by atoms with Gasteiger partial charge in [-0.3, -0.25) is 4.98 Å². The monoisotopic (exact) mass is 398 g/mol.